The van der Waals surface area contributed by atoms with E-state index in [4.69, 9.17) is 17.3 Å². The third-order valence-electron chi connectivity index (χ3n) is 3.77. The van der Waals surface area contributed by atoms with Gasteiger partial charge in [-0.3, -0.25) is 4.79 Å². The van der Waals surface area contributed by atoms with Crippen LogP contribution in [0, 0.1) is 18.7 Å². The van der Waals surface area contributed by atoms with Crippen molar-refractivity contribution < 1.29 is 9.18 Å². The molecule has 0 bridgehead atoms. The number of hydrogen-bond donors (Lipinski definition) is 2. The molecule has 23 heavy (non-hydrogen) atoms. The van der Waals surface area contributed by atoms with Gasteiger partial charge in [-0.25, -0.2) is 4.39 Å². The van der Waals surface area contributed by atoms with E-state index in [1.54, 1.807) is 13.0 Å². The predicted molar refractivity (Wildman–Crippen MR) is 90.8 cm³/mol. The zero-order valence-electron chi connectivity index (χ0n) is 13.1. The maximum atomic E-state index is 13.3. The van der Waals surface area contributed by atoms with Crippen molar-refractivity contribution in [3.05, 3.63) is 70.0 Å². The van der Waals surface area contributed by atoms with Crippen molar-refractivity contribution in [3.8, 4) is 0 Å². The topological polar surface area (TPSA) is 55.1 Å². The van der Waals surface area contributed by atoms with Crippen LogP contribution in [0.4, 0.5) is 4.39 Å². The Hall–Kier alpha value is -1.91. The number of benzene rings is 2. The average molecular weight is 335 g/mol. The standard InChI is InChI=1S/C18H20ClFN2O/c1-11-3-5-13(6-4-11)17(22-18(23)12(2)10-21)15-8-7-14(20)9-16(15)19/h3-9,12,17H,10,21H2,1-2H3,(H,22,23). The van der Waals surface area contributed by atoms with Crippen LogP contribution < -0.4 is 11.1 Å². The smallest absolute Gasteiger partial charge is 0.224 e. The van der Waals surface area contributed by atoms with Crippen molar-refractivity contribution in [1.82, 2.24) is 5.32 Å². The number of carbonyl (C=O) groups excluding carboxylic acids is 1. The van der Waals surface area contributed by atoms with Crippen LogP contribution in [0.5, 0.6) is 0 Å². The van der Waals surface area contributed by atoms with Crippen molar-refractivity contribution >= 4 is 17.5 Å². The van der Waals surface area contributed by atoms with Gasteiger partial charge in [0, 0.05) is 17.5 Å². The minimum absolute atomic E-state index is 0.168. The van der Waals surface area contributed by atoms with Crippen LogP contribution >= 0.6 is 11.6 Å². The summed E-state index contributed by atoms with van der Waals surface area (Å²) in [5.41, 5.74) is 8.19. The number of hydrogen-bond acceptors (Lipinski definition) is 2. The second kappa shape index (κ2) is 7.57. The van der Waals surface area contributed by atoms with Crippen molar-refractivity contribution in [2.75, 3.05) is 6.54 Å². The van der Waals surface area contributed by atoms with Crippen LogP contribution in [0.2, 0.25) is 5.02 Å². The summed E-state index contributed by atoms with van der Waals surface area (Å²) in [5, 5.41) is 3.23. The summed E-state index contributed by atoms with van der Waals surface area (Å²) in [4.78, 5) is 12.3. The summed E-state index contributed by atoms with van der Waals surface area (Å²) in [6.07, 6.45) is 0. The van der Waals surface area contributed by atoms with E-state index in [-0.39, 0.29) is 23.4 Å². The Kier molecular flexibility index (Phi) is 5.74. The molecule has 0 fully saturated rings. The van der Waals surface area contributed by atoms with Gasteiger partial charge >= 0.3 is 0 Å². The Morgan fingerprint density at radius 3 is 2.48 bits per heavy atom. The zero-order chi connectivity index (χ0) is 17.0. The molecule has 3 N–H and O–H groups in total. The number of rotatable bonds is 5. The first-order valence-corrected chi connectivity index (χ1v) is 7.82. The number of nitrogens with two attached hydrogens (primary N) is 1. The van der Waals surface area contributed by atoms with Crippen molar-refractivity contribution in [2.24, 2.45) is 11.7 Å². The third kappa shape index (κ3) is 4.30. The first-order chi connectivity index (χ1) is 10.9. The molecule has 122 valence electrons. The van der Waals surface area contributed by atoms with Gasteiger partial charge < -0.3 is 11.1 Å². The monoisotopic (exact) mass is 334 g/mol. The van der Waals surface area contributed by atoms with Crippen molar-refractivity contribution in [3.63, 3.8) is 0 Å². The Morgan fingerprint density at radius 2 is 1.91 bits per heavy atom. The highest BCUT2D eigenvalue weighted by Crippen LogP contribution is 2.29. The van der Waals surface area contributed by atoms with Gasteiger partial charge in [-0.1, -0.05) is 54.4 Å². The minimum atomic E-state index is -0.454. The van der Waals surface area contributed by atoms with E-state index in [0.717, 1.165) is 11.1 Å². The SMILES string of the molecule is Cc1ccc(C(NC(=O)C(C)CN)c2ccc(F)cc2Cl)cc1. The lowest BCUT2D eigenvalue weighted by Gasteiger charge is -2.23. The normalized spacial score (nSPS) is 13.4. The van der Waals surface area contributed by atoms with Crippen molar-refractivity contribution in [1.29, 1.82) is 0 Å². The molecule has 2 aromatic rings. The second-order valence-corrected chi connectivity index (χ2v) is 6.06. The Balaban J connectivity index is 2.42. The lowest BCUT2D eigenvalue weighted by atomic mass is 9.96. The lowest BCUT2D eigenvalue weighted by molar-refractivity contribution is -0.124. The largest absolute Gasteiger partial charge is 0.345 e. The summed E-state index contributed by atoms with van der Waals surface area (Å²) in [5.74, 6) is -0.899. The molecule has 0 spiro atoms. The molecule has 0 aromatic heterocycles. The molecule has 2 atom stereocenters. The van der Waals surface area contributed by atoms with Crippen LogP contribution in [0.3, 0.4) is 0 Å². The van der Waals surface area contributed by atoms with Gasteiger partial charge in [-0.2, -0.15) is 0 Å². The first-order valence-electron chi connectivity index (χ1n) is 7.44. The lowest BCUT2D eigenvalue weighted by Crippen LogP contribution is -2.36. The molecule has 0 heterocycles. The van der Waals surface area contributed by atoms with Crippen LogP contribution in [0.15, 0.2) is 42.5 Å². The Bertz CT molecular complexity index is 688. The molecule has 0 saturated carbocycles. The molecule has 5 heteroatoms. The zero-order valence-corrected chi connectivity index (χ0v) is 13.9. The van der Waals surface area contributed by atoms with E-state index in [9.17, 15) is 9.18 Å². The first kappa shape index (κ1) is 17.4. The number of halogens is 2. The third-order valence-corrected chi connectivity index (χ3v) is 4.10. The average Bonchev–Trinajstić information content (AvgIpc) is 2.53. The molecule has 2 aromatic carbocycles. The summed E-state index contributed by atoms with van der Waals surface area (Å²) >= 11 is 6.19. The van der Waals surface area contributed by atoms with E-state index < -0.39 is 11.9 Å². The highest BCUT2D eigenvalue weighted by atomic mass is 35.5. The van der Waals surface area contributed by atoms with Gasteiger partial charge in [0.1, 0.15) is 5.82 Å². The van der Waals surface area contributed by atoms with Crippen LogP contribution in [0.1, 0.15) is 29.7 Å². The minimum Gasteiger partial charge on any atom is -0.345 e. The van der Waals surface area contributed by atoms with Gasteiger partial charge in [0.05, 0.1) is 6.04 Å². The molecule has 3 nitrogen and oxygen atoms in total. The highest BCUT2D eigenvalue weighted by Gasteiger charge is 2.22. The van der Waals surface area contributed by atoms with Crippen LogP contribution in [-0.2, 0) is 4.79 Å². The summed E-state index contributed by atoms with van der Waals surface area (Å²) in [7, 11) is 0. The van der Waals surface area contributed by atoms with E-state index in [1.807, 2.05) is 31.2 Å². The van der Waals surface area contributed by atoms with Gasteiger partial charge in [-0.15, -0.1) is 0 Å². The molecule has 1 amide bonds. The molecule has 0 aliphatic carbocycles. The van der Waals surface area contributed by atoms with Gasteiger partial charge in [0.25, 0.3) is 0 Å². The Labute approximate surface area is 140 Å². The molecular weight excluding hydrogens is 315 g/mol. The molecule has 0 radical (unpaired) electrons. The molecule has 2 rings (SSSR count). The quantitative estimate of drug-likeness (QED) is 0.878. The van der Waals surface area contributed by atoms with Gasteiger partial charge in [-0.05, 0) is 30.2 Å². The fourth-order valence-electron chi connectivity index (χ4n) is 2.23. The number of carbonyl (C=O) groups is 1. The molecule has 0 saturated heterocycles. The number of aryl methyl sites for hydroxylation is 1. The highest BCUT2D eigenvalue weighted by molar-refractivity contribution is 6.31. The molecular formula is C18H20ClFN2O. The molecule has 0 aliphatic heterocycles. The number of amides is 1. The summed E-state index contributed by atoms with van der Waals surface area (Å²) in [6, 6.07) is 11.5. The summed E-state index contributed by atoms with van der Waals surface area (Å²) in [6.45, 7) is 4.00. The Morgan fingerprint density at radius 1 is 1.26 bits per heavy atom. The van der Waals surface area contributed by atoms with E-state index in [1.165, 1.54) is 12.1 Å². The molecule has 0 aliphatic rings. The predicted octanol–water partition coefficient (Wildman–Crippen LogP) is 3.59. The fourth-order valence-corrected chi connectivity index (χ4v) is 2.50. The van der Waals surface area contributed by atoms with Crippen molar-refractivity contribution in [2.45, 2.75) is 19.9 Å². The number of nitrogens with one attached hydrogen (secondary N) is 1. The maximum absolute atomic E-state index is 13.3. The van der Waals surface area contributed by atoms with Gasteiger partial charge in [0.15, 0.2) is 0 Å². The van der Waals surface area contributed by atoms with E-state index in [2.05, 4.69) is 5.32 Å². The second-order valence-electron chi connectivity index (χ2n) is 5.65. The van der Waals surface area contributed by atoms with Gasteiger partial charge in [0.2, 0.25) is 5.91 Å². The fraction of sp³-hybridized carbons (Fsp3) is 0.278. The van der Waals surface area contributed by atoms with E-state index >= 15 is 0 Å². The summed E-state index contributed by atoms with van der Waals surface area (Å²) < 4.78 is 13.3. The maximum Gasteiger partial charge on any atom is 0.224 e. The van der Waals surface area contributed by atoms with E-state index in [0.29, 0.717) is 5.56 Å². The van der Waals surface area contributed by atoms with Crippen LogP contribution in [-0.4, -0.2) is 12.5 Å². The molecule has 2 unspecified atom stereocenters. The van der Waals surface area contributed by atoms with Crippen LogP contribution in [0.25, 0.3) is 0 Å².